The van der Waals surface area contributed by atoms with Crippen molar-refractivity contribution in [3.8, 4) is 5.75 Å². The number of carbonyl (C=O) groups is 1. The molecule has 2 aromatic carbocycles. The largest absolute Gasteiger partial charge is 0.497 e. The van der Waals surface area contributed by atoms with Gasteiger partial charge in [0.1, 0.15) is 5.75 Å². The minimum absolute atomic E-state index is 0.264. The van der Waals surface area contributed by atoms with E-state index >= 15 is 0 Å². The third kappa shape index (κ3) is 4.46. The van der Waals surface area contributed by atoms with Gasteiger partial charge >= 0.3 is 5.97 Å². The van der Waals surface area contributed by atoms with Crippen molar-refractivity contribution in [3.05, 3.63) is 71.3 Å². The molecule has 0 aliphatic heterocycles. The van der Waals surface area contributed by atoms with E-state index in [4.69, 9.17) is 9.47 Å². The molecule has 2 aromatic rings. The van der Waals surface area contributed by atoms with E-state index in [-0.39, 0.29) is 5.97 Å². The van der Waals surface area contributed by atoms with E-state index in [1.807, 2.05) is 68.4 Å². The number of benzene rings is 2. The van der Waals surface area contributed by atoms with Crippen LogP contribution in [0, 0.1) is 0 Å². The van der Waals surface area contributed by atoms with E-state index in [0.29, 0.717) is 18.6 Å². The highest BCUT2D eigenvalue weighted by atomic mass is 16.5. The molecular weight excluding hydrogens is 288 g/mol. The molecule has 0 radical (unpaired) electrons. The molecule has 0 fully saturated rings. The summed E-state index contributed by atoms with van der Waals surface area (Å²) in [6, 6.07) is 17.8. The van der Waals surface area contributed by atoms with Crippen LogP contribution in [-0.4, -0.2) is 19.7 Å². The van der Waals surface area contributed by atoms with Gasteiger partial charge in [-0.2, -0.15) is 0 Å². The Morgan fingerprint density at radius 3 is 2.22 bits per heavy atom. The molecule has 0 saturated carbocycles. The summed E-state index contributed by atoms with van der Waals surface area (Å²) in [7, 11) is 1.65. The summed E-state index contributed by atoms with van der Waals surface area (Å²) in [5, 5.41) is 0. The van der Waals surface area contributed by atoms with Crippen molar-refractivity contribution in [2.45, 2.75) is 20.3 Å². The Kier molecular flexibility index (Phi) is 5.98. The Hall–Kier alpha value is -2.55. The average molecular weight is 310 g/mol. The van der Waals surface area contributed by atoms with Crippen LogP contribution in [-0.2, 0) is 16.0 Å². The second-order valence-corrected chi connectivity index (χ2v) is 5.21. The van der Waals surface area contributed by atoms with Crippen LogP contribution in [0.25, 0.3) is 5.57 Å². The number of rotatable bonds is 6. The summed E-state index contributed by atoms with van der Waals surface area (Å²) in [6.07, 6.45) is 0.665. The van der Waals surface area contributed by atoms with E-state index in [2.05, 4.69) is 0 Å². The lowest BCUT2D eigenvalue weighted by molar-refractivity contribution is -0.138. The number of carbonyl (C=O) groups excluding carboxylic acids is 1. The van der Waals surface area contributed by atoms with Crippen molar-refractivity contribution >= 4 is 11.5 Å². The summed E-state index contributed by atoms with van der Waals surface area (Å²) in [6.45, 7) is 4.02. The van der Waals surface area contributed by atoms with Gasteiger partial charge in [0.15, 0.2) is 0 Å². The lowest BCUT2D eigenvalue weighted by Crippen LogP contribution is -2.08. The number of ether oxygens (including phenoxy) is 2. The van der Waals surface area contributed by atoms with E-state index < -0.39 is 0 Å². The molecule has 0 bridgehead atoms. The highest BCUT2D eigenvalue weighted by Crippen LogP contribution is 2.25. The molecule has 120 valence electrons. The van der Waals surface area contributed by atoms with Gasteiger partial charge in [0.05, 0.1) is 13.7 Å². The van der Waals surface area contributed by atoms with Crippen LogP contribution in [0.3, 0.4) is 0 Å². The van der Waals surface area contributed by atoms with Crippen molar-refractivity contribution in [1.29, 1.82) is 0 Å². The molecule has 0 aliphatic rings. The predicted molar refractivity (Wildman–Crippen MR) is 92.4 cm³/mol. The third-order valence-electron chi connectivity index (χ3n) is 3.70. The van der Waals surface area contributed by atoms with Gasteiger partial charge in [-0.1, -0.05) is 42.5 Å². The maximum absolute atomic E-state index is 12.1. The Bertz CT molecular complexity index is 670. The second kappa shape index (κ2) is 8.18. The van der Waals surface area contributed by atoms with Crippen molar-refractivity contribution in [2.75, 3.05) is 13.7 Å². The van der Waals surface area contributed by atoms with Crippen LogP contribution in [0.4, 0.5) is 0 Å². The number of allylic oxidation sites excluding steroid dienone is 1. The molecule has 0 amide bonds. The van der Waals surface area contributed by atoms with Crippen molar-refractivity contribution < 1.29 is 14.3 Å². The molecule has 0 atom stereocenters. The first-order valence-electron chi connectivity index (χ1n) is 7.71. The van der Waals surface area contributed by atoms with E-state index in [1.165, 1.54) is 0 Å². The number of methoxy groups -OCH3 is 1. The molecular formula is C20H22O3. The fourth-order valence-corrected chi connectivity index (χ4v) is 2.40. The Labute approximate surface area is 137 Å². The first kappa shape index (κ1) is 16.8. The maximum atomic E-state index is 12.1. The molecule has 23 heavy (non-hydrogen) atoms. The minimum atomic E-state index is -0.264. The standard InChI is InChI=1S/C20H22O3/c1-4-23-20(21)15(2)19(17-8-6-5-7-9-17)14-16-10-12-18(22-3)13-11-16/h5-13H,4,14H2,1-3H3/b19-15-. The van der Waals surface area contributed by atoms with Gasteiger partial charge < -0.3 is 9.47 Å². The predicted octanol–water partition coefficient (Wildman–Crippen LogP) is 4.27. The first-order valence-corrected chi connectivity index (χ1v) is 7.71. The monoisotopic (exact) mass is 310 g/mol. The molecule has 0 spiro atoms. The zero-order valence-corrected chi connectivity index (χ0v) is 13.8. The number of esters is 1. The topological polar surface area (TPSA) is 35.5 Å². The Morgan fingerprint density at radius 1 is 1.00 bits per heavy atom. The first-order chi connectivity index (χ1) is 11.2. The van der Waals surface area contributed by atoms with E-state index in [9.17, 15) is 4.79 Å². The fourth-order valence-electron chi connectivity index (χ4n) is 2.40. The molecule has 2 rings (SSSR count). The van der Waals surface area contributed by atoms with Gasteiger partial charge in [-0.3, -0.25) is 0 Å². The molecule has 3 heteroatoms. The lowest BCUT2D eigenvalue weighted by Gasteiger charge is -2.13. The van der Waals surface area contributed by atoms with Crippen LogP contribution in [0.2, 0.25) is 0 Å². The maximum Gasteiger partial charge on any atom is 0.334 e. The summed E-state index contributed by atoms with van der Waals surface area (Å²) in [4.78, 5) is 12.1. The fraction of sp³-hybridized carbons (Fsp3) is 0.250. The minimum Gasteiger partial charge on any atom is -0.497 e. The van der Waals surface area contributed by atoms with Gasteiger partial charge in [0.25, 0.3) is 0 Å². The van der Waals surface area contributed by atoms with Gasteiger partial charge in [-0.05, 0) is 49.1 Å². The number of hydrogen-bond donors (Lipinski definition) is 0. The highest BCUT2D eigenvalue weighted by Gasteiger charge is 2.14. The molecule has 0 saturated heterocycles. The van der Waals surface area contributed by atoms with Crippen molar-refractivity contribution in [3.63, 3.8) is 0 Å². The summed E-state index contributed by atoms with van der Waals surface area (Å²) in [5.41, 5.74) is 3.78. The molecule has 0 aromatic heterocycles. The van der Waals surface area contributed by atoms with Crippen LogP contribution in [0.5, 0.6) is 5.75 Å². The van der Waals surface area contributed by atoms with Gasteiger partial charge in [0, 0.05) is 5.57 Å². The highest BCUT2D eigenvalue weighted by molar-refractivity contribution is 5.97. The van der Waals surface area contributed by atoms with Crippen LogP contribution in [0.15, 0.2) is 60.2 Å². The molecule has 0 heterocycles. The molecule has 0 unspecified atom stereocenters. The summed E-state index contributed by atoms with van der Waals surface area (Å²) < 4.78 is 10.4. The van der Waals surface area contributed by atoms with Crippen molar-refractivity contribution in [1.82, 2.24) is 0 Å². The zero-order valence-electron chi connectivity index (χ0n) is 13.8. The van der Waals surface area contributed by atoms with Gasteiger partial charge in [-0.25, -0.2) is 4.79 Å². The molecule has 0 N–H and O–H groups in total. The van der Waals surface area contributed by atoms with Crippen LogP contribution >= 0.6 is 0 Å². The Morgan fingerprint density at radius 2 is 1.65 bits per heavy atom. The van der Waals surface area contributed by atoms with Crippen molar-refractivity contribution in [2.24, 2.45) is 0 Å². The quantitative estimate of drug-likeness (QED) is 0.590. The smallest absolute Gasteiger partial charge is 0.334 e. The van der Waals surface area contributed by atoms with Gasteiger partial charge in [-0.15, -0.1) is 0 Å². The third-order valence-corrected chi connectivity index (χ3v) is 3.70. The Balaban J connectivity index is 2.37. The summed E-state index contributed by atoms with van der Waals surface area (Å²) >= 11 is 0. The molecule has 3 nitrogen and oxygen atoms in total. The van der Waals surface area contributed by atoms with E-state index in [0.717, 1.165) is 22.4 Å². The molecule has 0 aliphatic carbocycles. The normalized spacial score (nSPS) is 11.6. The zero-order chi connectivity index (χ0) is 16.7. The summed E-state index contributed by atoms with van der Waals surface area (Å²) in [5.74, 6) is 0.556. The second-order valence-electron chi connectivity index (χ2n) is 5.21. The average Bonchev–Trinajstić information content (AvgIpc) is 2.60. The van der Waals surface area contributed by atoms with Gasteiger partial charge in [0.2, 0.25) is 0 Å². The van der Waals surface area contributed by atoms with Crippen LogP contribution < -0.4 is 4.74 Å². The lowest BCUT2D eigenvalue weighted by atomic mass is 9.94. The van der Waals surface area contributed by atoms with Crippen LogP contribution in [0.1, 0.15) is 25.0 Å². The SMILES string of the molecule is CCOC(=O)/C(C)=C(/Cc1ccc(OC)cc1)c1ccccc1. The number of hydrogen-bond acceptors (Lipinski definition) is 3. The van der Waals surface area contributed by atoms with E-state index in [1.54, 1.807) is 7.11 Å².